The second kappa shape index (κ2) is 4.62. The maximum atomic E-state index is 12.7. The maximum absolute atomic E-state index is 12.7. The van der Waals surface area contributed by atoms with E-state index >= 15 is 0 Å². The summed E-state index contributed by atoms with van der Waals surface area (Å²) in [4.78, 5) is 3.58. The van der Waals surface area contributed by atoms with Crippen LogP contribution in [-0.4, -0.2) is 16.9 Å². The van der Waals surface area contributed by atoms with Crippen LogP contribution in [0.3, 0.4) is 0 Å². The molecule has 5 heteroatoms. The van der Waals surface area contributed by atoms with Crippen LogP contribution in [0.2, 0.25) is 5.15 Å². The average molecular weight is 254 g/mol. The van der Waals surface area contributed by atoms with Crippen LogP contribution in [0.15, 0.2) is 12.3 Å². The van der Waals surface area contributed by atoms with E-state index in [1.807, 2.05) is 0 Å². The fraction of sp³-hybridized carbons (Fsp3) is 0.286. The van der Waals surface area contributed by atoms with E-state index in [0.29, 0.717) is 17.7 Å². The van der Waals surface area contributed by atoms with E-state index < -0.39 is 5.82 Å². The average Bonchev–Trinajstić information content (AvgIpc) is 2.07. The molecule has 0 N–H and O–H groups in total. The Morgan fingerprint density at radius 1 is 1.67 bits per heavy atom. The number of halogens is 3. The molecule has 0 saturated heterocycles. The highest BCUT2D eigenvalue weighted by Crippen LogP contribution is 2.16. The van der Waals surface area contributed by atoms with E-state index in [2.05, 4.69) is 20.9 Å². The fourth-order valence-corrected chi connectivity index (χ4v) is 0.904. The van der Waals surface area contributed by atoms with Gasteiger partial charge in [-0.05, 0) is 0 Å². The van der Waals surface area contributed by atoms with Gasteiger partial charge in [0.2, 0.25) is 0 Å². The molecule has 1 aromatic heterocycles. The molecule has 0 bridgehead atoms. The summed E-state index contributed by atoms with van der Waals surface area (Å²) in [6, 6.07) is 1.21. The van der Waals surface area contributed by atoms with Crippen LogP contribution in [0.25, 0.3) is 0 Å². The Balaban J connectivity index is 2.69. The number of aromatic nitrogens is 1. The van der Waals surface area contributed by atoms with Gasteiger partial charge in [0.05, 0.1) is 12.8 Å². The fourth-order valence-electron chi connectivity index (χ4n) is 0.639. The quantitative estimate of drug-likeness (QED) is 0.611. The first kappa shape index (κ1) is 9.74. The van der Waals surface area contributed by atoms with Gasteiger partial charge in [-0.15, -0.1) is 0 Å². The molecule has 0 fully saturated rings. The van der Waals surface area contributed by atoms with E-state index in [0.717, 1.165) is 0 Å². The number of hydrogen-bond donors (Lipinski definition) is 0. The van der Waals surface area contributed by atoms with Gasteiger partial charge in [-0.1, -0.05) is 27.5 Å². The second-order valence-electron chi connectivity index (χ2n) is 1.98. The Kier molecular flexibility index (Phi) is 3.75. The molecule has 2 nitrogen and oxygen atoms in total. The monoisotopic (exact) mass is 253 g/mol. The molecule has 0 aliphatic rings. The number of rotatable bonds is 3. The van der Waals surface area contributed by atoms with E-state index in [-0.39, 0.29) is 5.15 Å². The Morgan fingerprint density at radius 2 is 2.42 bits per heavy atom. The second-order valence-corrected chi connectivity index (χ2v) is 3.13. The van der Waals surface area contributed by atoms with Gasteiger partial charge in [0, 0.05) is 11.4 Å². The van der Waals surface area contributed by atoms with Crippen molar-refractivity contribution in [3.05, 3.63) is 23.2 Å². The number of hydrogen-bond acceptors (Lipinski definition) is 2. The van der Waals surface area contributed by atoms with Crippen molar-refractivity contribution in [3.63, 3.8) is 0 Å². The zero-order valence-electron chi connectivity index (χ0n) is 6.06. The Bertz CT molecular complexity index is 272. The van der Waals surface area contributed by atoms with Crippen LogP contribution in [-0.2, 0) is 0 Å². The minimum Gasteiger partial charge on any atom is -0.491 e. The van der Waals surface area contributed by atoms with Crippen molar-refractivity contribution in [1.82, 2.24) is 4.98 Å². The van der Waals surface area contributed by atoms with Crippen molar-refractivity contribution in [2.45, 2.75) is 0 Å². The van der Waals surface area contributed by atoms with Gasteiger partial charge in [-0.2, -0.15) is 0 Å². The van der Waals surface area contributed by atoms with E-state index in [9.17, 15) is 4.39 Å². The molecule has 0 amide bonds. The topological polar surface area (TPSA) is 22.1 Å². The zero-order chi connectivity index (χ0) is 8.97. The number of ether oxygens (including phenoxy) is 1. The molecular formula is C7H6BrClFNO. The minimum absolute atomic E-state index is 0.138. The molecule has 0 radical (unpaired) electrons. The summed E-state index contributed by atoms with van der Waals surface area (Å²) in [5, 5.41) is 0.554. The van der Waals surface area contributed by atoms with Crippen LogP contribution >= 0.6 is 27.5 Å². The van der Waals surface area contributed by atoms with Crippen LogP contribution in [0.4, 0.5) is 4.39 Å². The van der Waals surface area contributed by atoms with Crippen molar-refractivity contribution in [2.24, 2.45) is 0 Å². The maximum Gasteiger partial charge on any atom is 0.164 e. The molecule has 1 rings (SSSR count). The summed E-state index contributed by atoms with van der Waals surface area (Å²) in [6.45, 7) is 0.475. The predicted octanol–water partition coefficient (Wildman–Crippen LogP) is 2.65. The summed E-state index contributed by atoms with van der Waals surface area (Å²) < 4.78 is 17.8. The summed E-state index contributed by atoms with van der Waals surface area (Å²) in [5.74, 6) is -0.180. The van der Waals surface area contributed by atoms with Gasteiger partial charge in [0.15, 0.2) is 11.0 Å². The van der Waals surface area contributed by atoms with Crippen LogP contribution in [0.1, 0.15) is 0 Å². The first-order valence-corrected chi connectivity index (χ1v) is 4.74. The van der Waals surface area contributed by atoms with Crippen LogP contribution in [0.5, 0.6) is 5.75 Å². The number of nitrogens with zero attached hydrogens (tertiary/aromatic N) is 1. The molecule has 1 aromatic rings. The normalized spacial score (nSPS) is 9.92. The van der Waals surface area contributed by atoms with Gasteiger partial charge < -0.3 is 4.74 Å². The van der Waals surface area contributed by atoms with E-state index in [1.54, 1.807) is 0 Å². The van der Waals surface area contributed by atoms with Gasteiger partial charge in [0.1, 0.15) is 5.75 Å². The van der Waals surface area contributed by atoms with Crippen molar-refractivity contribution >= 4 is 27.5 Å². The molecule has 12 heavy (non-hydrogen) atoms. The van der Waals surface area contributed by atoms with Crippen molar-refractivity contribution in [2.75, 3.05) is 11.9 Å². The minimum atomic E-state index is -0.566. The van der Waals surface area contributed by atoms with Gasteiger partial charge >= 0.3 is 0 Å². The molecule has 0 spiro atoms. The molecule has 0 unspecified atom stereocenters. The highest BCUT2D eigenvalue weighted by atomic mass is 79.9. The van der Waals surface area contributed by atoms with Crippen LogP contribution in [0, 0.1) is 5.82 Å². The smallest absolute Gasteiger partial charge is 0.164 e. The molecule has 0 aromatic carbocycles. The summed E-state index contributed by atoms with van der Waals surface area (Å²) in [7, 11) is 0. The molecule has 0 atom stereocenters. The molecule has 0 saturated carbocycles. The van der Waals surface area contributed by atoms with Crippen molar-refractivity contribution < 1.29 is 9.13 Å². The standard InChI is InChI=1S/C7H6BrClFNO/c8-1-2-12-5-3-6(10)7(9)11-4-5/h3-4H,1-2H2. The lowest BCUT2D eigenvalue weighted by Crippen LogP contribution is -1.98. The largest absolute Gasteiger partial charge is 0.491 e. The Hall–Kier alpha value is -0.350. The molecule has 0 aliphatic heterocycles. The van der Waals surface area contributed by atoms with E-state index in [4.69, 9.17) is 16.3 Å². The molecular weight excluding hydrogens is 248 g/mol. The van der Waals surface area contributed by atoms with Crippen LogP contribution < -0.4 is 4.74 Å². The van der Waals surface area contributed by atoms with Gasteiger partial charge in [-0.25, -0.2) is 9.37 Å². The SMILES string of the molecule is Fc1cc(OCCBr)cnc1Cl. The lowest BCUT2D eigenvalue weighted by atomic mass is 10.4. The number of alkyl halides is 1. The lowest BCUT2D eigenvalue weighted by Gasteiger charge is -2.02. The first-order valence-electron chi connectivity index (χ1n) is 3.24. The highest BCUT2D eigenvalue weighted by molar-refractivity contribution is 9.09. The Labute approximate surface area is 82.8 Å². The third-order valence-electron chi connectivity index (χ3n) is 1.12. The summed E-state index contributed by atoms with van der Waals surface area (Å²) in [6.07, 6.45) is 1.38. The first-order chi connectivity index (χ1) is 5.74. The molecule has 66 valence electrons. The predicted molar refractivity (Wildman–Crippen MR) is 48.5 cm³/mol. The van der Waals surface area contributed by atoms with Crippen molar-refractivity contribution in [1.29, 1.82) is 0 Å². The number of pyridine rings is 1. The molecule has 1 heterocycles. The lowest BCUT2D eigenvalue weighted by molar-refractivity contribution is 0.341. The zero-order valence-corrected chi connectivity index (χ0v) is 8.40. The Morgan fingerprint density at radius 3 is 3.00 bits per heavy atom. The van der Waals surface area contributed by atoms with Crippen molar-refractivity contribution in [3.8, 4) is 5.75 Å². The molecule has 0 aliphatic carbocycles. The van der Waals surface area contributed by atoms with E-state index in [1.165, 1.54) is 12.3 Å². The van der Waals surface area contributed by atoms with Gasteiger partial charge in [-0.3, -0.25) is 0 Å². The summed E-state index contributed by atoms with van der Waals surface area (Å²) in [5.41, 5.74) is 0. The third kappa shape index (κ3) is 2.60. The highest BCUT2D eigenvalue weighted by Gasteiger charge is 2.02. The van der Waals surface area contributed by atoms with Gasteiger partial charge in [0.25, 0.3) is 0 Å². The summed E-state index contributed by atoms with van der Waals surface area (Å²) >= 11 is 8.54. The third-order valence-corrected chi connectivity index (χ3v) is 1.72.